The zero-order valence-corrected chi connectivity index (χ0v) is 8.91. The lowest BCUT2D eigenvalue weighted by molar-refractivity contribution is -0.154. The van der Waals surface area contributed by atoms with Crippen molar-refractivity contribution in [2.75, 3.05) is 13.1 Å². The number of aliphatic carboxylic acids is 1. The first-order valence-electron chi connectivity index (χ1n) is 5.10. The monoisotopic (exact) mass is 223 g/mol. The summed E-state index contributed by atoms with van der Waals surface area (Å²) in [6, 6.07) is 1.38. The maximum Gasteiger partial charge on any atom is 0.310 e. The van der Waals surface area contributed by atoms with Crippen LogP contribution in [-0.4, -0.2) is 44.8 Å². The van der Waals surface area contributed by atoms with Crippen molar-refractivity contribution in [3.8, 4) is 0 Å². The highest BCUT2D eigenvalue weighted by Gasteiger charge is 2.37. The Bertz CT molecular complexity index is 395. The lowest BCUT2D eigenvalue weighted by atomic mass is 9.99. The molecule has 1 amide bonds. The fourth-order valence-electron chi connectivity index (χ4n) is 1.70. The van der Waals surface area contributed by atoms with E-state index in [2.05, 4.69) is 5.10 Å². The van der Waals surface area contributed by atoms with E-state index < -0.39 is 11.9 Å². The van der Waals surface area contributed by atoms with Gasteiger partial charge >= 0.3 is 5.97 Å². The molecule has 86 valence electrons. The number of rotatable bonds is 3. The molecule has 1 N–H and O–H groups in total. The van der Waals surface area contributed by atoms with Crippen LogP contribution in [0.3, 0.4) is 0 Å². The van der Waals surface area contributed by atoms with Crippen molar-refractivity contribution in [3.05, 3.63) is 18.5 Å². The Balaban J connectivity index is 1.93. The van der Waals surface area contributed by atoms with Crippen LogP contribution in [-0.2, 0) is 9.59 Å². The molecule has 6 heteroatoms. The Morgan fingerprint density at radius 1 is 1.50 bits per heavy atom. The van der Waals surface area contributed by atoms with E-state index in [1.54, 1.807) is 35.0 Å². The van der Waals surface area contributed by atoms with Gasteiger partial charge in [-0.15, -0.1) is 0 Å². The van der Waals surface area contributed by atoms with E-state index in [1.807, 2.05) is 0 Å². The zero-order chi connectivity index (χ0) is 11.7. The van der Waals surface area contributed by atoms with Gasteiger partial charge in [0.15, 0.2) is 0 Å². The Labute approximate surface area is 92.5 Å². The van der Waals surface area contributed by atoms with Crippen LogP contribution in [0.15, 0.2) is 18.5 Å². The number of hydrogen-bond acceptors (Lipinski definition) is 3. The molecule has 0 unspecified atom stereocenters. The maximum absolute atomic E-state index is 11.9. The van der Waals surface area contributed by atoms with Gasteiger partial charge < -0.3 is 10.0 Å². The van der Waals surface area contributed by atoms with Gasteiger partial charge in [0.05, 0.1) is 5.92 Å². The van der Waals surface area contributed by atoms with Gasteiger partial charge in [0, 0.05) is 25.5 Å². The summed E-state index contributed by atoms with van der Waals surface area (Å²) in [5.41, 5.74) is 0. The van der Waals surface area contributed by atoms with Crippen LogP contribution in [0, 0.1) is 5.92 Å². The van der Waals surface area contributed by atoms with E-state index in [0.717, 1.165) is 0 Å². The Hall–Kier alpha value is -1.85. The second kappa shape index (κ2) is 3.96. The molecule has 0 radical (unpaired) electrons. The number of hydrogen-bond donors (Lipinski definition) is 1. The fraction of sp³-hybridized carbons (Fsp3) is 0.500. The van der Waals surface area contributed by atoms with Gasteiger partial charge in [0.25, 0.3) is 0 Å². The number of carboxylic acid groups (broad SMARTS) is 1. The molecule has 1 fully saturated rings. The lowest BCUT2D eigenvalue weighted by Crippen LogP contribution is -2.54. The second-order valence-electron chi connectivity index (χ2n) is 3.94. The van der Waals surface area contributed by atoms with Gasteiger partial charge in [-0.3, -0.25) is 14.3 Å². The molecule has 1 aliphatic heterocycles. The van der Waals surface area contributed by atoms with Gasteiger partial charge in [-0.2, -0.15) is 5.10 Å². The van der Waals surface area contributed by atoms with E-state index in [1.165, 1.54) is 0 Å². The molecule has 2 heterocycles. The first-order valence-corrected chi connectivity index (χ1v) is 5.10. The summed E-state index contributed by atoms with van der Waals surface area (Å²) < 4.78 is 1.57. The molecular weight excluding hydrogens is 210 g/mol. The molecule has 1 aliphatic rings. The average Bonchev–Trinajstić information content (AvgIpc) is 2.65. The first-order chi connectivity index (χ1) is 7.59. The van der Waals surface area contributed by atoms with Crippen LogP contribution in [0.5, 0.6) is 0 Å². The van der Waals surface area contributed by atoms with Crippen molar-refractivity contribution >= 4 is 11.9 Å². The number of carbonyl (C=O) groups excluding carboxylic acids is 1. The van der Waals surface area contributed by atoms with Gasteiger partial charge in [-0.05, 0) is 13.0 Å². The topological polar surface area (TPSA) is 75.4 Å². The smallest absolute Gasteiger partial charge is 0.310 e. The Morgan fingerprint density at radius 3 is 2.69 bits per heavy atom. The van der Waals surface area contributed by atoms with Crippen LogP contribution in [0.4, 0.5) is 0 Å². The summed E-state index contributed by atoms with van der Waals surface area (Å²) in [5, 5.41) is 12.7. The van der Waals surface area contributed by atoms with E-state index >= 15 is 0 Å². The lowest BCUT2D eigenvalue weighted by Gasteiger charge is -2.38. The molecule has 6 nitrogen and oxygen atoms in total. The molecular formula is C10H13N3O3. The SMILES string of the molecule is C[C@@H](C(=O)N1CC(C(=O)O)C1)n1cccn1. The highest BCUT2D eigenvalue weighted by atomic mass is 16.4. The second-order valence-corrected chi connectivity index (χ2v) is 3.94. The molecule has 1 aromatic heterocycles. The molecule has 0 bridgehead atoms. The molecule has 0 spiro atoms. The summed E-state index contributed by atoms with van der Waals surface area (Å²) >= 11 is 0. The minimum atomic E-state index is -0.837. The Kier molecular flexibility index (Phi) is 2.64. The quantitative estimate of drug-likeness (QED) is 0.781. The maximum atomic E-state index is 11.9. The molecule has 2 rings (SSSR count). The van der Waals surface area contributed by atoms with Gasteiger partial charge in [0.2, 0.25) is 5.91 Å². The van der Waals surface area contributed by atoms with E-state index in [-0.39, 0.29) is 11.9 Å². The van der Waals surface area contributed by atoms with Crippen LogP contribution in [0.25, 0.3) is 0 Å². The predicted octanol–water partition coefficient (Wildman–Crippen LogP) is -0.0129. The van der Waals surface area contributed by atoms with Crippen molar-refractivity contribution in [1.29, 1.82) is 0 Å². The van der Waals surface area contributed by atoms with Gasteiger partial charge in [-0.25, -0.2) is 0 Å². The standard InChI is InChI=1S/C10H13N3O3/c1-7(13-4-2-3-11-13)9(14)12-5-8(6-12)10(15)16/h2-4,7-8H,5-6H2,1H3,(H,15,16)/t7-/m0/s1. The Morgan fingerprint density at radius 2 is 2.19 bits per heavy atom. The fourth-order valence-corrected chi connectivity index (χ4v) is 1.70. The summed E-state index contributed by atoms with van der Waals surface area (Å²) in [5.74, 6) is -1.33. The summed E-state index contributed by atoms with van der Waals surface area (Å²) in [4.78, 5) is 24.0. The van der Waals surface area contributed by atoms with Gasteiger partial charge in [0.1, 0.15) is 6.04 Å². The zero-order valence-electron chi connectivity index (χ0n) is 8.91. The number of amides is 1. The summed E-state index contributed by atoms with van der Waals surface area (Å²) in [6.07, 6.45) is 3.33. The van der Waals surface area contributed by atoms with Crippen molar-refractivity contribution in [2.45, 2.75) is 13.0 Å². The first kappa shape index (κ1) is 10.7. The van der Waals surface area contributed by atoms with Crippen molar-refractivity contribution in [1.82, 2.24) is 14.7 Å². The molecule has 1 saturated heterocycles. The van der Waals surface area contributed by atoms with Crippen LogP contribution >= 0.6 is 0 Å². The number of nitrogens with zero attached hydrogens (tertiary/aromatic N) is 3. The van der Waals surface area contributed by atoms with Gasteiger partial charge in [-0.1, -0.05) is 0 Å². The molecule has 1 atom stereocenters. The number of carbonyl (C=O) groups is 2. The van der Waals surface area contributed by atoms with Crippen LogP contribution in [0.1, 0.15) is 13.0 Å². The van der Waals surface area contributed by atoms with Crippen LogP contribution in [0.2, 0.25) is 0 Å². The molecule has 0 saturated carbocycles. The largest absolute Gasteiger partial charge is 0.481 e. The van der Waals surface area contributed by atoms with E-state index in [4.69, 9.17) is 5.11 Å². The third-order valence-electron chi connectivity index (χ3n) is 2.82. The minimum absolute atomic E-state index is 0.0822. The van der Waals surface area contributed by atoms with E-state index in [0.29, 0.717) is 13.1 Å². The normalized spacial score (nSPS) is 17.9. The van der Waals surface area contributed by atoms with Crippen molar-refractivity contribution in [3.63, 3.8) is 0 Å². The minimum Gasteiger partial charge on any atom is -0.481 e. The highest BCUT2D eigenvalue weighted by Crippen LogP contribution is 2.19. The third-order valence-corrected chi connectivity index (χ3v) is 2.82. The van der Waals surface area contributed by atoms with Crippen LogP contribution < -0.4 is 0 Å². The van der Waals surface area contributed by atoms with Crippen molar-refractivity contribution < 1.29 is 14.7 Å². The molecule has 0 aliphatic carbocycles. The van der Waals surface area contributed by atoms with E-state index in [9.17, 15) is 9.59 Å². The third kappa shape index (κ3) is 1.78. The summed E-state index contributed by atoms with van der Waals surface area (Å²) in [6.45, 7) is 2.36. The highest BCUT2D eigenvalue weighted by molar-refractivity contribution is 5.83. The van der Waals surface area contributed by atoms with Crippen molar-refractivity contribution in [2.24, 2.45) is 5.92 Å². The number of likely N-dealkylation sites (tertiary alicyclic amines) is 1. The average molecular weight is 223 g/mol. The molecule has 16 heavy (non-hydrogen) atoms. The number of aromatic nitrogens is 2. The summed E-state index contributed by atoms with van der Waals surface area (Å²) in [7, 11) is 0. The molecule has 0 aromatic carbocycles. The molecule has 1 aromatic rings. The number of carboxylic acids is 1. The predicted molar refractivity (Wildman–Crippen MR) is 54.6 cm³/mol.